The molecule has 0 bridgehead atoms. The summed E-state index contributed by atoms with van der Waals surface area (Å²) in [6, 6.07) is 62.9. The number of hydrogen-bond donors (Lipinski definition) is 0. The summed E-state index contributed by atoms with van der Waals surface area (Å²) in [6.45, 7) is 0. The van der Waals surface area contributed by atoms with Gasteiger partial charge in [-0.2, -0.15) is 30.6 Å². The van der Waals surface area contributed by atoms with Crippen LogP contribution >= 0.6 is 80.9 Å². The van der Waals surface area contributed by atoms with Gasteiger partial charge in [-0.1, -0.05) is 99.9 Å². The Balaban J connectivity index is 0.000000104. The van der Waals surface area contributed by atoms with Gasteiger partial charge in [0.25, 0.3) is 0 Å². The van der Waals surface area contributed by atoms with Crippen LogP contribution in [-0.4, -0.2) is 57.7 Å². The van der Waals surface area contributed by atoms with Crippen LogP contribution in [0.1, 0.15) is 0 Å². The zero-order valence-electron chi connectivity index (χ0n) is 49.5. The van der Waals surface area contributed by atoms with Gasteiger partial charge in [-0.3, -0.25) is 0 Å². The van der Waals surface area contributed by atoms with E-state index >= 15 is 0 Å². The summed E-state index contributed by atoms with van der Waals surface area (Å²) >= 11 is 37.0. The number of furan rings is 2. The summed E-state index contributed by atoms with van der Waals surface area (Å²) in [4.78, 5) is 1.18. The maximum absolute atomic E-state index is 13.6. The van der Waals surface area contributed by atoms with Crippen LogP contribution in [-0.2, 0) is 0 Å². The monoisotopic (exact) mass is 1410 g/mol. The second kappa shape index (κ2) is 29.1. The predicted molar refractivity (Wildman–Crippen MR) is 376 cm³/mol. The molecule has 0 aliphatic carbocycles. The van der Waals surface area contributed by atoms with Gasteiger partial charge in [-0.15, -0.1) is 11.3 Å². The van der Waals surface area contributed by atoms with E-state index in [1.54, 1.807) is 137 Å². The molecule has 0 amide bonds. The number of thiophene rings is 1. The number of benzene rings is 3. The Bertz CT molecular complexity index is 5390. The fourth-order valence-corrected chi connectivity index (χ4v) is 11.4. The highest BCUT2D eigenvalue weighted by Gasteiger charge is 2.12. The lowest BCUT2D eigenvalue weighted by molar-refractivity contribution is 0.568. The van der Waals surface area contributed by atoms with Gasteiger partial charge in [0.1, 0.15) is 28.8 Å². The first kappa shape index (κ1) is 64.3. The highest BCUT2D eigenvalue weighted by Crippen LogP contribution is 2.29. The summed E-state index contributed by atoms with van der Waals surface area (Å²) in [5.41, 5.74) is 13.7. The second-order valence-corrected chi connectivity index (χ2v) is 24.5. The molecule has 15 heterocycles. The summed E-state index contributed by atoms with van der Waals surface area (Å²) in [7, 11) is 0. The molecular weight excluding hydrogens is 1370 g/mol. The Hall–Kier alpha value is -10.4. The van der Waals surface area contributed by atoms with Gasteiger partial charge in [-0.25, -0.2) is 40.3 Å². The van der Waals surface area contributed by atoms with Crippen molar-refractivity contribution in [1.29, 1.82) is 0 Å². The summed E-state index contributed by atoms with van der Waals surface area (Å²) < 4.78 is 60.2. The van der Waals surface area contributed by atoms with E-state index < -0.39 is 0 Å². The highest BCUT2D eigenvalue weighted by atomic mass is 35.5. The number of pyridine rings is 6. The lowest BCUT2D eigenvalue weighted by atomic mass is 10.1. The zero-order chi connectivity index (χ0) is 66.2. The normalized spacial score (nSPS) is 11.0. The highest BCUT2D eigenvalue weighted by molar-refractivity contribution is 7.13. The molecule has 0 fully saturated rings. The Labute approximate surface area is 577 Å². The van der Waals surface area contributed by atoms with Crippen molar-refractivity contribution in [2.75, 3.05) is 0 Å². The number of halogens is 9. The molecule has 0 atom stereocenters. The third-order valence-corrected chi connectivity index (χ3v) is 16.5. The van der Waals surface area contributed by atoms with E-state index in [0.717, 1.165) is 84.0 Å². The molecule has 15 aromatic heterocycles. The summed E-state index contributed by atoms with van der Waals surface area (Å²) in [5, 5.41) is 32.2. The average Bonchev–Trinajstić information content (AvgIpc) is 1.74. The molecule has 0 aliphatic rings. The first-order valence-electron chi connectivity index (χ1n) is 28.9. The minimum Gasteiger partial charge on any atom is -0.472 e. The van der Waals surface area contributed by atoms with E-state index in [1.165, 1.54) is 35.2 Å². The average molecular weight is 1410 g/mol. The van der Waals surface area contributed by atoms with Crippen LogP contribution in [0.15, 0.2) is 283 Å². The molecular formula is C72H45Cl6F3N12O2S. The second-order valence-electron chi connectivity index (χ2n) is 20.9. The molecule has 0 saturated carbocycles. The fourth-order valence-electron chi connectivity index (χ4n) is 9.76. The zero-order valence-corrected chi connectivity index (χ0v) is 54.8. The van der Waals surface area contributed by atoms with E-state index in [4.69, 9.17) is 78.4 Å². The molecule has 24 heteroatoms. The third-order valence-electron chi connectivity index (χ3n) is 14.3. The van der Waals surface area contributed by atoms with Crippen LogP contribution in [0, 0.1) is 17.5 Å². The van der Waals surface area contributed by atoms with Crippen LogP contribution in [0.2, 0.25) is 30.1 Å². The van der Waals surface area contributed by atoms with Crippen LogP contribution in [0.5, 0.6) is 0 Å². The quantitative estimate of drug-likeness (QED) is 0.161. The Morgan fingerprint density at radius 3 is 1.21 bits per heavy atom. The van der Waals surface area contributed by atoms with E-state index in [9.17, 15) is 13.2 Å². The Morgan fingerprint density at radius 2 is 0.760 bits per heavy atom. The molecule has 18 aromatic rings. The van der Waals surface area contributed by atoms with Crippen molar-refractivity contribution in [3.63, 3.8) is 0 Å². The Kier molecular flexibility index (Phi) is 19.5. The SMILES string of the molecule is Clc1ccc2cc(-c3ccco3)nn2c1.Clc1ccc2cc(-c3cccs3)nn2c1.Clc1ccc2cc(-c3ccoc3)nn2c1.Fc1ccc(-c2cc3ccc(Cl)cn3n2)cc1.Fc1cccc(-c2cc3ccc(Cl)cn3n2)c1.Fc1ccccc1-c1cc2ccc(Cl)cn2n1. The first-order valence-corrected chi connectivity index (χ1v) is 32.1. The molecule has 0 N–H and O–H groups in total. The summed E-state index contributed by atoms with van der Waals surface area (Å²) in [5.74, 6) is -0.0324. The van der Waals surface area contributed by atoms with Crippen molar-refractivity contribution in [1.82, 2.24) is 57.7 Å². The minimum atomic E-state index is -0.276. The molecule has 474 valence electrons. The molecule has 96 heavy (non-hydrogen) atoms. The van der Waals surface area contributed by atoms with E-state index in [0.29, 0.717) is 41.4 Å². The van der Waals surface area contributed by atoms with Crippen molar-refractivity contribution in [2.45, 2.75) is 0 Å². The Morgan fingerprint density at radius 1 is 0.323 bits per heavy atom. The molecule has 0 unspecified atom stereocenters. The number of fused-ring (bicyclic) bond motifs is 6. The minimum absolute atomic E-state index is 0.249. The molecule has 0 spiro atoms. The third kappa shape index (κ3) is 15.5. The van der Waals surface area contributed by atoms with Gasteiger partial charge < -0.3 is 8.83 Å². The molecule has 14 nitrogen and oxygen atoms in total. The molecule has 0 aliphatic heterocycles. The molecule has 3 aromatic carbocycles. The number of rotatable bonds is 6. The predicted octanol–water partition coefficient (Wildman–Crippen LogP) is 21.6. The number of aromatic nitrogens is 12. The largest absolute Gasteiger partial charge is 0.472 e. The van der Waals surface area contributed by atoms with Crippen LogP contribution in [0.4, 0.5) is 13.2 Å². The fraction of sp³-hybridized carbons (Fsp3) is 0. The van der Waals surface area contributed by atoms with Gasteiger partial charge in [0.05, 0.1) is 110 Å². The lowest BCUT2D eigenvalue weighted by Crippen LogP contribution is -1.87. The lowest BCUT2D eigenvalue weighted by Gasteiger charge is -1.96. The number of nitrogens with zero attached hydrogens (tertiary/aromatic N) is 12. The standard InChI is InChI=1S/3C13H8ClFN2.2C11H7ClN2O.C11H7ClN2S/c14-10-3-6-12-7-13(16-17(12)8-10)9-1-4-11(15)5-2-9;14-10-4-5-12-7-13(16-17(12)8-10)9-2-1-3-11(15)6-9;14-9-5-6-10-7-13(16-17(10)8-9)11-3-1-2-4-12(11)15;12-9-1-2-10-5-11(13-14(10)6-9)8-3-4-15-7-8;2*12-8-3-4-9-6-10(13-14(9)7-8)11-2-1-5-15-11/h3*1-8H;3*1-7H. The first-order chi connectivity index (χ1) is 46.7. The van der Waals surface area contributed by atoms with Crippen LogP contribution in [0.25, 0.3) is 100 Å². The number of hydrogen-bond acceptors (Lipinski definition) is 9. The molecule has 18 rings (SSSR count). The van der Waals surface area contributed by atoms with Gasteiger partial charge in [-0.05, 0) is 187 Å². The van der Waals surface area contributed by atoms with Crippen molar-refractivity contribution in [3.05, 3.63) is 321 Å². The summed E-state index contributed by atoms with van der Waals surface area (Å²) in [6.07, 6.45) is 15.4. The van der Waals surface area contributed by atoms with Crippen molar-refractivity contribution < 1.29 is 22.0 Å². The molecule has 0 saturated heterocycles. The van der Waals surface area contributed by atoms with Gasteiger partial charge in [0.2, 0.25) is 0 Å². The van der Waals surface area contributed by atoms with Crippen LogP contribution in [0.3, 0.4) is 0 Å². The van der Waals surface area contributed by atoms with E-state index in [-0.39, 0.29) is 17.5 Å². The van der Waals surface area contributed by atoms with Crippen LogP contribution < -0.4 is 0 Å². The van der Waals surface area contributed by atoms with Crippen molar-refractivity contribution in [2.24, 2.45) is 0 Å². The van der Waals surface area contributed by atoms with Gasteiger partial charge >= 0.3 is 0 Å². The van der Waals surface area contributed by atoms with E-state index in [1.807, 2.05) is 133 Å². The van der Waals surface area contributed by atoms with Gasteiger partial charge in [0.15, 0.2) is 5.76 Å². The molecule has 0 radical (unpaired) electrons. The van der Waals surface area contributed by atoms with Crippen molar-refractivity contribution in [3.8, 4) is 67.1 Å². The van der Waals surface area contributed by atoms with Crippen molar-refractivity contribution >= 4 is 114 Å². The maximum atomic E-state index is 13.6. The topological polar surface area (TPSA) is 130 Å². The van der Waals surface area contributed by atoms with Gasteiger partial charge in [0, 0.05) is 59.4 Å². The maximum Gasteiger partial charge on any atom is 0.154 e. The smallest absolute Gasteiger partial charge is 0.154 e. The van der Waals surface area contributed by atoms with E-state index in [2.05, 4.69) is 42.7 Å².